The van der Waals surface area contributed by atoms with E-state index in [0.717, 1.165) is 43.4 Å². The molecule has 0 atom stereocenters. The molecule has 2 aromatic heterocycles. The molecule has 138 valence electrons. The first-order chi connectivity index (χ1) is 12.2. The summed E-state index contributed by atoms with van der Waals surface area (Å²) < 4.78 is 11.0. The van der Waals surface area contributed by atoms with Crippen molar-refractivity contribution < 1.29 is 19.2 Å². The van der Waals surface area contributed by atoms with Crippen LogP contribution in [-0.2, 0) is 13.0 Å². The van der Waals surface area contributed by atoms with Crippen molar-refractivity contribution in [1.29, 1.82) is 0 Å². The van der Waals surface area contributed by atoms with E-state index >= 15 is 0 Å². The second-order valence-electron chi connectivity index (χ2n) is 5.30. The van der Waals surface area contributed by atoms with Gasteiger partial charge in [-0.05, 0) is 32.8 Å². The van der Waals surface area contributed by atoms with Crippen LogP contribution >= 0.6 is 0 Å². The molecule has 0 fully saturated rings. The van der Waals surface area contributed by atoms with Gasteiger partial charge in [0.25, 0.3) is 5.91 Å². The second kappa shape index (κ2) is 11.2. The van der Waals surface area contributed by atoms with Crippen LogP contribution in [0.4, 0.5) is 0 Å². The van der Waals surface area contributed by atoms with Crippen LogP contribution in [0.15, 0.2) is 22.9 Å². The lowest BCUT2D eigenvalue weighted by Crippen LogP contribution is -2.22. The predicted octanol–water partition coefficient (Wildman–Crippen LogP) is 2.66. The highest BCUT2D eigenvalue weighted by Crippen LogP contribution is 2.18. The monoisotopic (exact) mass is 349 g/mol. The van der Waals surface area contributed by atoms with Crippen molar-refractivity contribution in [2.75, 3.05) is 13.7 Å². The molecule has 1 amide bonds. The molecule has 0 radical (unpaired) electrons. The number of amides is 1. The number of hydrogen-bond acceptors (Lipinski definition) is 6. The highest BCUT2D eigenvalue weighted by Gasteiger charge is 2.13. The molecule has 0 bridgehead atoms. The van der Waals surface area contributed by atoms with Crippen LogP contribution in [0.3, 0.4) is 0 Å². The lowest BCUT2D eigenvalue weighted by molar-refractivity contribution is 0.0955. The molecule has 0 spiro atoms. The van der Waals surface area contributed by atoms with Crippen LogP contribution in [0.5, 0.6) is 5.88 Å². The van der Waals surface area contributed by atoms with Crippen LogP contribution in [0.1, 0.15) is 54.1 Å². The lowest BCUT2D eigenvalue weighted by Gasteiger charge is -2.07. The summed E-state index contributed by atoms with van der Waals surface area (Å²) in [6, 6.07) is 3.39. The van der Waals surface area contributed by atoms with E-state index in [1.54, 1.807) is 12.1 Å². The number of nitrogens with one attached hydrogen (secondary N) is 1. The first-order valence-corrected chi connectivity index (χ1v) is 8.41. The molecule has 7 heteroatoms. The zero-order valence-corrected chi connectivity index (χ0v) is 15.3. The maximum Gasteiger partial charge on any atom is 0.252 e. The Morgan fingerprint density at radius 2 is 2.08 bits per heavy atom. The highest BCUT2D eigenvalue weighted by molar-refractivity contribution is 5.93. The molecule has 25 heavy (non-hydrogen) atoms. The average Bonchev–Trinajstić information content (AvgIpc) is 3.00. The van der Waals surface area contributed by atoms with Gasteiger partial charge in [0.05, 0.1) is 16.8 Å². The Bertz CT molecular complexity index is 638. The van der Waals surface area contributed by atoms with Crippen LogP contribution in [0, 0.1) is 6.92 Å². The predicted molar refractivity (Wildman–Crippen MR) is 94.6 cm³/mol. The SMILES string of the molecule is CCCCc1noc(C)c1COc1ccc(C(=O)NCC)cn1.CO. The standard InChI is InChI=1S/C17H23N3O3.CH4O/c1-4-6-7-15-14(12(3)23-20-15)11-22-16-9-8-13(10-19-16)17(21)18-5-2;1-2/h8-10H,4-7,11H2,1-3H3,(H,18,21);2H,1H3. The van der Waals surface area contributed by atoms with E-state index in [-0.39, 0.29) is 5.91 Å². The van der Waals surface area contributed by atoms with E-state index in [4.69, 9.17) is 14.4 Å². The van der Waals surface area contributed by atoms with Gasteiger partial charge in [0.1, 0.15) is 12.4 Å². The number of rotatable bonds is 8. The van der Waals surface area contributed by atoms with Gasteiger partial charge in [0, 0.05) is 25.9 Å². The molecule has 2 aromatic rings. The van der Waals surface area contributed by atoms with E-state index < -0.39 is 0 Å². The van der Waals surface area contributed by atoms with Crippen molar-refractivity contribution in [3.05, 3.63) is 40.9 Å². The third-order valence-electron chi connectivity index (χ3n) is 3.53. The number of aryl methyl sites for hydroxylation is 2. The van der Waals surface area contributed by atoms with E-state index in [2.05, 4.69) is 22.4 Å². The first kappa shape index (κ1) is 20.6. The number of unbranched alkanes of at least 4 members (excludes halogenated alkanes) is 1. The molecule has 0 aromatic carbocycles. The summed E-state index contributed by atoms with van der Waals surface area (Å²) >= 11 is 0. The molecule has 0 saturated heterocycles. The molecule has 0 aliphatic carbocycles. The average molecular weight is 349 g/mol. The quantitative estimate of drug-likeness (QED) is 0.760. The normalized spacial score (nSPS) is 9.96. The Labute approximate surface area is 148 Å². The fraction of sp³-hybridized carbons (Fsp3) is 0.500. The number of pyridine rings is 1. The fourth-order valence-electron chi connectivity index (χ4n) is 2.17. The van der Waals surface area contributed by atoms with E-state index in [1.807, 2.05) is 13.8 Å². The minimum absolute atomic E-state index is 0.136. The number of hydrogen-bond donors (Lipinski definition) is 2. The van der Waals surface area contributed by atoms with Gasteiger partial charge in [-0.3, -0.25) is 4.79 Å². The van der Waals surface area contributed by atoms with Crippen LogP contribution < -0.4 is 10.1 Å². The number of aliphatic hydroxyl groups is 1. The van der Waals surface area contributed by atoms with Gasteiger partial charge in [-0.1, -0.05) is 18.5 Å². The summed E-state index contributed by atoms with van der Waals surface area (Å²) in [6.45, 7) is 6.85. The van der Waals surface area contributed by atoms with Crippen molar-refractivity contribution in [2.24, 2.45) is 0 Å². The first-order valence-electron chi connectivity index (χ1n) is 8.41. The van der Waals surface area contributed by atoms with E-state index in [1.165, 1.54) is 6.20 Å². The van der Waals surface area contributed by atoms with Crippen molar-refractivity contribution in [3.8, 4) is 5.88 Å². The molecule has 2 rings (SSSR count). The number of carbonyl (C=O) groups excluding carboxylic acids is 1. The molecule has 0 saturated carbocycles. The fourth-order valence-corrected chi connectivity index (χ4v) is 2.17. The van der Waals surface area contributed by atoms with E-state index in [9.17, 15) is 4.79 Å². The third kappa shape index (κ3) is 6.19. The molecule has 2 N–H and O–H groups in total. The summed E-state index contributed by atoms with van der Waals surface area (Å²) in [5, 5.41) is 13.8. The van der Waals surface area contributed by atoms with Gasteiger partial charge in [0.2, 0.25) is 5.88 Å². The third-order valence-corrected chi connectivity index (χ3v) is 3.53. The maximum absolute atomic E-state index is 11.7. The highest BCUT2D eigenvalue weighted by atomic mass is 16.5. The van der Waals surface area contributed by atoms with Gasteiger partial charge in [-0.15, -0.1) is 0 Å². The van der Waals surface area contributed by atoms with Gasteiger partial charge in [-0.2, -0.15) is 0 Å². The molecule has 0 aliphatic rings. The zero-order valence-electron chi connectivity index (χ0n) is 15.3. The minimum Gasteiger partial charge on any atom is -0.473 e. The van der Waals surface area contributed by atoms with Crippen LogP contribution in [0.25, 0.3) is 0 Å². The number of aromatic nitrogens is 2. The van der Waals surface area contributed by atoms with Gasteiger partial charge >= 0.3 is 0 Å². The Kier molecular flexibility index (Phi) is 9.24. The largest absolute Gasteiger partial charge is 0.473 e. The molecular weight excluding hydrogens is 322 g/mol. The molecule has 0 unspecified atom stereocenters. The maximum atomic E-state index is 11.7. The van der Waals surface area contributed by atoms with Crippen LogP contribution in [0.2, 0.25) is 0 Å². The number of nitrogens with zero attached hydrogens (tertiary/aromatic N) is 2. The Morgan fingerprint density at radius 1 is 1.32 bits per heavy atom. The van der Waals surface area contributed by atoms with Crippen molar-refractivity contribution in [3.63, 3.8) is 0 Å². The molecule has 7 nitrogen and oxygen atoms in total. The molecule has 0 aliphatic heterocycles. The Morgan fingerprint density at radius 3 is 2.68 bits per heavy atom. The number of ether oxygens (including phenoxy) is 1. The smallest absolute Gasteiger partial charge is 0.252 e. The Balaban J connectivity index is 0.00000151. The van der Waals surface area contributed by atoms with Crippen molar-refractivity contribution in [2.45, 2.75) is 46.6 Å². The van der Waals surface area contributed by atoms with Gasteiger partial charge in [0.15, 0.2) is 0 Å². The number of aliphatic hydroxyl groups excluding tert-OH is 1. The minimum atomic E-state index is -0.136. The summed E-state index contributed by atoms with van der Waals surface area (Å²) in [5.74, 6) is 1.11. The summed E-state index contributed by atoms with van der Waals surface area (Å²) in [5.41, 5.74) is 2.44. The van der Waals surface area contributed by atoms with Crippen molar-refractivity contribution >= 4 is 5.91 Å². The molecular formula is C18H27N3O4. The van der Waals surface area contributed by atoms with Crippen molar-refractivity contribution in [1.82, 2.24) is 15.5 Å². The van der Waals surface area contributed by atoms with E-state index in [0.29, 0.717) is 24.6 Å². The topological polar surface area (TPSA) is 97.5 Å². The summed E-state index contributed by atoms with van der Waals surface area (Å²) in [7, 11) is 1.00. The Hall–Kier alpha value is -2.41. The number of carbonyl (C=O) groups is 1. The second-order valence-corrected chi connectivity index (χ2v) is 5.30. The summed E-state index contributed by atoms with van der Waals surface area (Å²) in [4.78, 5) is 15.8. The summed E-state index contributed by atoms with van der Waals surface area (Å²) in [6.07, 6.45) is 4.57. The lowest BCUT2D eigenvalue weighted by atomic mass is 10.1. The molecule has 2 heterocycles. The van der Waals surface area contributed by atoms with Crippen LogP contribution in [-0.4, -0.2) is 34.8 Å². The zero-order chi connectivity index (χ0) is 18.7. The van der Waals surface area contributed by atoms with Gasteiger partial charge < -0.3 is 19.7 Å². The van der Waals surface area contributed by atoms with Gasteiger partial charge in [-0.25, -0.2) is 4.98 Å².